The third-order valence-electron chi connectivity index (χ3n) is 2.98. The molecule has 0 spiro atoms. The second-order valence-electron chi connectivity index (χ2n) is 5.02. The third kappa shape index (κ3) is 3.52. The van der Waals surface area contributed by atoms with Gasteiger partial charge in [-0.05, 0) is 36.6 Å². The molecule has 0 unspecified atom stereocenters. The summed E-state index contributed by atoms with van der Waals surface area (Å²) < 4.78 is 11.9. The second-order valence-corrected chi connectivity index (χ2v) is 8.24. The summed E-state index contributed by atoms with van der Waals surface area (Å²) in [5.41, 5.74) is 1.77. The molecule has 0 aromatic heterocycles. The maximum absolute atomic E-state index is 11.9. The first kappa shape index (κ1) is 14.4. The van der Waals surface area contributed by atoms with Crippen LogP contribution in [0.15, 0.2) is 42.5 Å². The van der Waals surface area contributed by atoms with E-state index in [0.717, 1.165) is 16.4 Å². The highest BCUT2D eigenvalue weighted by Crippen LogP contribution is 2.34. The molecule has 0 fully saturated rings. The first-order chi connectivity index (χ1) is 9.36. The van der Waals surface area contributed by atoms with Gasteiger partial charge in [-0.15, -0.1) is 0 Å². The predicted octanol–water partition coefficient (Wildman–Crippen LogP) is 3.52. The molecule has 0 heterocycles. The fraction of sp³-hybridized carbons (Fsp3) is 0.125. The normalized spacial score (nSPS) is 11.9. The molecular weight excluding hydrogens is 271 g/mol. The summed E-state index contributed by atoms with van der Waals surface area (Å²) >= 11 is 0. The number of benzene rings is 2. The summed E-state index contributed by atoms with van der Waals surface area (Å²) in [4.78, 5) is 0. The van der Waals surface area contributed by atoms with Gasteiger partial charge in [-0.25, -0.2) is 0 Å². The average molecular weight is 288 g/mol. The molecule has 2 N–H and O–H groups in total. The lowest BCUT2D eigenvalue weighted by molar-refractivity contribution is 0.403. The molecule has 0 aliphatic rings. The van der Waals surface area contributed by atoms with E-state index in [4.69, 9.17) is 0 Å². The molecule has 2 aromatic carbocycles. The minimum Gasteiger partial charge on any atom is -0.504 e. The minimum absolute atomic E-state index is 0.131. The Bertz CT molecular complexity index is 681. The molecule has 0 radical (unpaired) electrons. The summed E-state index contributed by atoms with van der Waals surface area (Å²) in [6.45, 7) is 3.49. The van der Waals surface area contributed by atoms with Crippen molar-refractivity contribution in [2.24, 2.45) is 0 Å². The van der Waals surface area contributed by atoms with Gasteiger partial charge in [0.05, 0.1) is 0 Å². The molecule has 0 saturated heterocycles. The largest absolute Gasteiger partial charge is 0.504 e. The lowest BCUT2D eigenvalue weighted by Crippen LogP contribution is -2.01. The van der Waals surface area contributed by atoms with Gasteiger partial charge < -0.3 is 14.8 Å². The summed E-state index contributed by atoms with van der Waals surface area (Å²) in [5.74, 6) is -0.270. The van der Waals surface area contributed by atoms with E-state index in [9.17, 15) is 14.8 Å². The lowest BCUT2D eigenvalue weighted by Gasteiger charge is -2.06. The number of phenols is 2. The molecule has 4 heteroatoms. The standard InChI is InChI=1S/C16H17O3P/c1-20(2,19)14-8-5-12(6-9-14)3-4-13-7-10-15(17)16(18)11-13/h3-11,17-18H,1-2H3. The van der Waals surface area contributed by atoms with Crippen LogP contribution in [0.4, 0.5) is 0 Å². The Morgan fingerprint density at radius 1 is 0.850 bits per heavy atom. The summed E-state index contributed by atoms with van der Waals surface area (Å²) in [6.07, 6.45) is 3.73. The van der Waals surface area contributed by atoms with Crippen LogP contribution >= 0.6 is 7.14 Å². The van der Waals surface area contributed by atoms with Crippen LogP contribution in [-0.2, 0) is 4.57 Å². The Labute approximate surface area is 118 Å². The van der Waals surface area contributed by atoms with Crippen LogP contribution in [-0.4, -0.2) is 23.5 Å². The summed E-state index contributed by atoms with van der Waals surface area (Å²) in [5, 5.41) is 19.5. The Morgan fingerprint density at radius 3 is 1.95 bits per heavy atom. The zero-order valence-corrected chi connectivity index (χ0v) is 12.3. The first-order valence-corrected chi connectivity index (χ1v) is 8.82. The number of aromatic hydroxyl groups is 2. The highest BCUT2D eigenvalue weighted by molar-refractivity contribution is 7.70. The van der Waals surface area contributed by atoms with Crippen LogP contribution in [0.3, 0.4) is 0 Å². The lowest BCUT2D eigenvalue weighted by atomic mass is 10.1. The van der Waals surface area contributed by atoms with Crippen LogP contribution in [0, 0.1) is 0 Å². The van der Waals surface area contributed by atoms with Gasteiger partial charge in [0.15, 0.2) is 11.5 Å². The quantitative estimate of drug-likeness (QED) is 0.516. The van der Waals surface area contributed by atoms with Crippen molar-refractivity contribution in [1.82, 2.24) is 0 Å². The first-order valence-electron chi connectivity index (χ1n) is 6.22. The third-order valence-corrected chi connectivity index (χ3v) is 4.52. The fourth-order valence-corrected chi connectivity index (χ4v) is 2.65. The van der Waals surface area contributed by atoms with Crippen LogP contribution in [0.25, 0.3) is 12.2 Å². The monoisotopic (exact) mass is 288 g/mol. The van der Waals surface area contributed by atoms with Crippen molar-refractivity contribution in [3.63, 3.8) is 0 Å². The maximum atomic E-state index is 11.9. The van der Waals surface area contributed by atoms with Crippen molar-refractivity contribution in [1.29, 1.82) is 0 Å². The van der Waals surface area contributed by atoms with Crippen LogP contribution in [0.1, 0.15) is 11.1 Å². The highest BCUT2D eigenvalue weighted by atomic mass is 31.2. The van der Waals surface area contributed by atoms with Crippen LogP contribution < -0.4 is 5.30 Å². The van der Waals surface area contributed by atoms with Crippen LogP contribution in [0.2, 0.25) is 0 Å². The van der Waals surface area contributed by atoms with E-state index in [1.165, 1.54) is 12.1 Å². The van der Waals surface area contributed by atoms with E-state index in [2.05, 4.69) is 0 Å². The van der Waals surface area contributed by atoms with E-state index in [1.54, 1.807) is 19.4 Å². The smallest absolute Gasteiger partial charge is 0.157 e. The number of hydrogen-bond donors (Lipinski definition) is 2. The highest BCUT2D eigenvalue weighted by Gasteiger charge is 2.09. The Balaban J connectivity index is 2.19. The maximum Gasteiger partial charge on any atom is 0.157 e. The van der Waals surface area contributed by atoms with E-state index in [-0.39, 0.29) is 11.5 Å². The zero-order chi connectivity index (χ0) is 14.8. The molecular formula is C16H17O3P. The summed E-state index contributed by atoms with van der Waals surface area (Å²) in [6, 6.07) is 12.2. The molecule has 0 bridgehead atoms. The molecule has 2 aromatic rings. The molecule has 0 aliphatic heterocycles. The Hall–Kier alpha value is -1.99. The molecule has 3 nitrogen and oxygen atoms in total. The van der Waals surface area contributed by atoms with Gasteiger partial charge in [0, 0.05) is 5.30 Å². The van der Waals surface area contributed by atoms with Crippen molar-refractivity contribution in [2.45, 2.75) is 0 Å². The molecule has 20 heavy (non-hydrogen) atoms. The molecule has 0 saturated carbocycles. The van der Waals surface area contributed by atoms with Crippen molar-refractivity contribution in [2.75, 3.05) is 13.3 Å². The predicted molar refractivity (Wildman–Crippen MR) is 84.2 cm³/mol. The fourth-order valence-electron chi connectivity index (χ4n) is 1.78. The SMILES string of the molecule is CP(C)(=O)c1ccc(C=Cc2ccc(O)c(O)c2)cc1. The van der Waals surface area contributed by atoms with Crippen molar-refractivity contribution in [3.05, 3.63) is 53.6 Å². The average Bonchev–Trinajstić information content (AvgIpc) is 2.40. The van der Waals surface area contributed by atoms with Gasteiger partial charge >= 0.3 is 0 Å². The minimum atomic E-state index is -2.21. The Kier molecular flexibility index (Phi) is 4.01. The number of rotatable bonds is 3. The van der Waals surface area contributed by atoms with Gasteiger partial charge in [-0.1, -0.05) is 42.5 Å². The van der Waals surface area contributed by atoms with Crippen molar-refractivity contribution >= 4 is 24.6 Å². The topological polar surface area (TPSA) is 57.5 Å². The van der Waals surface area contributed by atoms with Gasteiger partial charge in [-0.3, -0.25) is 0 Å². The van der Waals surface area contributed by atoms with E-state index >= 15 is 0 Å². The van der Waals surface area contributed by atoms with Gasteiger partial charge in [0.2, 0.25) is 0 Å². The van der Waals surface area contributed by atoms with Gasteiger partial charge in [0.25, 0.3) is 0 Å². The second kappa shape index (κ2) is 5.56. The van der Waals surface area contributed by atoms with E-state index in [1.807, 2.05) is 36.4 Å². The molecule has 104 valence electrons. The van der Waals surface area contributed by atoms with Crippen molar-refractivity contribution in [3.8, 4) is 11.5 Å². The Morgan fingerprint density at radius 2 is 1.40 bits per heavy atom. The van der Waals surface area contributed by atoms with E-state index < -0.39 is 7.14 Å². The summed E-state index contributed by atoms with van der Waals surface area (Å²) in [7, 11) is -2.21. The molecule has 2 rings (SSSR count). The van der Waals surface area contributed by atoms with Gasteiger partial charge in [0.1, 0.15) is 7.14 Å². The number of hydrogen-bond acceptors (Lipinski definition) is 3. The molecule has 0 atom stereocenters. The molecule has 0 aliphatic carbocycles. The van der Waals surface area contributed by atoms with Gasteiger partial charge in [-0.2, -0.15) is 0 Å². The number of phenolic OH excluding ortho intramolecular Hbond substituents is 2. The molecule has 0 amide bonds. The van der Waals surface area contributed by atoms with E-state index in [0.29, 0.717) is 0 Å². The van der Waals surface area contributed by atoms with Crippen molar-refractivity contribution < 1.29 is 14.8 Å². The zero-order valence-electron chi connectivity index (χ0n) is 11.4. The van der Waals surface area contributed by atoms with Crippen LogP contribution in [0.5, 0.6) is 11.5 Å².